The number of aromatic carboxylic acids is 1. The highest BCUT2D eigenvalue weighted by atomic mass is 32.1. The van der Waals surface area contributed by atoms with Crippen molar-refractivity contribution in [3.8, 4) is 16.3 Å². The summed E-state index contributed by atoms with van der Waals surface area (Å²) in [5, 5.41) is 10.1. The summed E-state index contributed by atoms with van der Waals surface area (Å²) in [4.78, 5) is 16.2. The Morgan fingerprint density at radius 1 is 1.17 bits per heavy atom. The number of hydrogen-bond acceptors (Lipinski definition) is 4. The van der Waals surface area contributed by atoms with Gasteiger partial charge in [-0.15, -0.1) is 11.3 Å². The third-order valence-electron chi connectivity index (χ3n) is 3.62. The number of benzene rings is 2. The molecule has 0 bridgehead atoms. The number of hydrogen-bond donors (Lipinski definition) is 1. The van der Waals surface area contributed by atoms with Gasteiger partial charge in [0.15, 0.2) is 0 Å². The van der Waals surface area contributed by atoms with Gasteiger partial charge in [-0.05, 0) is 31.0 Å². The average Bonchev–Trinajstić information content (AvgIpc) is 3.01. The lowest BCUT2D eigenvalue weighted by atomic mass is 10.1. The quantitative estimate of drug-likeness (QED) is 0.732. The van der Waals surface area contributed by atoms with Gasteiger partial charge in [0.05, 0.1) is 0 Å². The van der Waals surface area contributed by atoms with E-state index in [9.17, 15) is 9.90 Å². The fourth-order valence-electron chi connectivity index (χ4n) is 2.33. The van der Waals surface area contributed by atoms with Crippen molar-refractivity contribution in [3.63, 3.8) is 0 Å². The number of carboxylic acids is 1. The second-order valence-corrected chi connectivity index (χ2v) is 6.52. The number of rotatable bonds is 5. The maximum Gasteiger partial charge on any atom is 0.347 e. The van der Waals surface area contributed by atoms with Gasteiger partial charge in [0.2, 0.25) is 0 Å². The molecule has 5 heteroatoms. The van der Waals surface area contributed by atoms with E-state index >= 15 is 0 Å². The molecule has 2 aromatic carbocycles. The normalized spacial score (nSPS) is 10.6. The summed E-state index contributed by atoms with van der Waals surface area (Å²) in [6.07, 6.45) is 0. The first kappa shape index (κ1) is 16.2. The summed E-state index contributed by atoms with van der Waals surface area (Å²) in [5.41, 5.74) is 3.46. The lowest BCUT2D eigenvalue weighted by Crippen LogP contribution is -2.04. The molecule has 0 aliphatic heterocycles. The van der Waals surface area contributed by atoms with Crippen LogP contribution in [0.4, 0.5) is 0 Å². The summed E-state index contributed by atoms with van der Waals surface area (Å²) in [5.74, 6) is -0.227. The first-order valence-corrected chi connectivity index (χ1v) is 8.34. The van der Waals surface area contributed by atoms with Gasteiger partial charge >= 0.3 is 5.97 Å². The predicted octanol–water partition coefficient (Wildman–Crippen LogP) is 4.70. The molecule has 0 atom stereocenters. The number of carboxylic acid groups (broad SMARTS) is 1. The smallest absolute Gasteiger partial charge is 0.347 e. The largest absolute Gasteiger partial charge is 0.487 e. The zero-order valence-electron chi connectivity index (χ0n) is 13.4. The zero-order valence-corrected chi connectivity index (χ0v) is 14.3. The van der Waals surface area contributed by atoms with Crippen LogP contribution in [0, 0.1) is 13.8 Å². The molecule has 1 heterocycles. The van der Waals surface area contributed by atoms with Crippen LogP contribution < -0.4 is 4.74 Å². The molecule has 0 amide bonds. The molecule has 0 radical (unpaired) electrons. The van der Waals surface area contributed by atoms with E-state index in [0.29, 0.717) is 10.7 Å². The SMILES string of the molecule is Cc1ccc(C)c(OCc2nc(-c3ccccc3)sc2C(=O)O)c1. The van der Waals surface area contributed by atoms with Gasteiger partial charge in [0, 0.05) is 5.56 Å². The standard InChI is InChI=1S/C19H17NO3S/c1-12-8-9-13(2)16(10-12)23-11-15-17(19(21)22)24-18(20-15)14-6-4-3-5-7-14/h3-10H,11H2,1-2H3,(H,21,22). The Labute approximate surface area is 144 Å². The number of nitrogens with zero attached hydrogens (tertiary/aromatic N) is 1. The molecular weight excluding hydrogens is 322 g/mol. The van der Waals surface area contributed by atoms with Crippen LogP contribution in [-0.2, 0) is 6.61 Å². The van der Waals surface area contributed by atoms with Crippen LogP contribution in [0.2, 0.25) is 0 Å². The molecule has 0 unspecified atom stereocenters. The minimum absolute atomic E-state index is 0.134. The molecule has 3 rings (SSSR count). The first-order chi connectivity index (χ1) is 11.5. The third kappa shape index (κ3) is 3.46. The molecule has 4 nitrogen and oxygen atoms in total. The van der Waals surface area contributed by atoms with E-state index in [1.807, 2.05) is 62.4 Å². The van der Waals surface area contributed by atoms with Gasteiger partial charge in [-0.3, -0.25) is 0 Å². The number of ether oxygens (including phenoxy) is 1. The van der Waals surface area contributed by atoms with E-state index in [1.165, 1.54) is 11.3 Å². The zero-order chi connectivity index (χ0) is 17.1. The van der Waals surface area contributed by atoms with E-state index < -0.39 is 5.97 Å². The van der Waals surface area contributed by atoms with Crippen LogP contribution in [0.1, 0.15) is 26.5 Å². The second-order valence-electron chi connectivity index (χ2n) is 5.52. The Morgan fingerprint density at radius 3 is 2.62 bits per heavy atom. The molecule has 0 aliphatic carbocycles. The van der Waals surface area contributed by atoms with Crippen LogP contribution in [-0.4, -0.2) is 16.1 Å². The number of thiazole rings is 1. The van der Waals surface area contributed by atoms with Crippen molar-refractivity contribution in [3.05, 3.63) is 70.2 Å². The monoisotopic (exact) mass is 339 g/mol. The van der Waals surface area contributed by atoms with Crippen molar-refractivity contribution in [2.45, 2.75) is 20.5 Å². The lowest BCUT2D eigenvalue weighted by molar-refractivity contribution is 0.0699. The van der Waals surface area contributed by atoms with Crippen LogP contribution in [0.15, 0.2) is 48.5 Å². The minimum Gasteiger partial charge on any atom is -0.487 e. The summed E-state index contributed by atoms with van der Waals surface area (Å²) in [7, 11) is 0. The Kier molecular flexibility index (Phi) is 4.62. The maximum atomic E-state index is 11.5. The topological polar surface area (TPSA) is 59.4 Å². The fraction of sp³-hybridized carbons (Fsp3) is 0.158. The molecule has 0 fully saturated rings. The Morgan fingerprint density at radius 2 is 1.92 bits per heavy atom. The molecule has 122 valence electrons. The average molecular weight is 339 g/mol. The summed E-state index contributed by atoms with van der Waals surface area (Å²) < 4.78 is 5.82. The van der Waals surface area contributed by atoms with E-state index in [2.05, 4.69) is 4.98 Å². The van der Waals surface area contributed by atoms with Gasteiger partial charge in [0.1, 0.15) is 27.9 Å². The van der Waals surface area contributed by atoms with E-state index in [-0.39, 0.29) is 11.5 Å². The number of aromatic nitrogens is 1. The Bertz CT molecular complexity index is 872. The molecule has 0 saturated heterocycles. The van der Waals surface area contributed by atoms with Gasteiger partial charge < -0.3 is 9.84 Å². The van der Waals surface area contributed by atoms with Gasteiger partial charge in [-0.1, -0.05) is 42.5 Å². The van der Waals surface area contributed by atoms with Crippen molar-refractivity contribution in [1.82, 2.24) is 4.98 Å². The molecule has 0 aliphatic rings. The molecule has 0 saturated carbocycles. The van der Waals surface area contributed by atoms with Crippen LogP contribution in [0.25, 0.3) is 10.6 Å². The Hall–Kier alpha value is -2.66. The fourth-order valence-corrected chi connectivity index (χ4v) is 3.24. The van der Waals surface area contributed by atoms with Crippen molar-refractivity contribution >= 4 is 17.3 Å². The number of carbonyl (C=O) groups is 1. The van der Waals surface area contributed by atoms with Gasteiger partial charge in [-0.25, -0.2) is 9.78 Å². The molecule has 24 heavy (non-hydrogen) atoms. The lowest BCUT2D eigenvalue weighted by Gasteiger charge is -2.09. The van der Waals surface area contributed by atoms with Crippen molar-refractivity contribution < 1.29 is 14.6 Å². The third-order valence-corrected chi connectivity index (χ3v) is 4.76. The van der Waals surface area contributed by atoms with Crippen molar-refractivity contribution in [1.29, 1.82) is 0 Å². The highest BCUT2D eigenvalue weighted by Gasteiger charge is 2.19. The van der Waals surface area contributed by atoms with Crippen molar-refractivity contribution in [2.24, 2.45) is 0 Å². The second kappa shape index (κ2) is 6.84. The van der Waals surface area contributed by atoms with Gasteiger partial charge in [-0.2, -0.15) is 0 Å². The van der Waals surface area contributed by atoms with Crippen LogP contribution in [0.3, 0.4) is 0 Å². The van der Waals surface area contributed by atoms with Gasteiger partial charge in [0.25, 0.3) is 0 Å². The molecule has 1 N–H and O–H groups in total. The Balaban J connectivity index is 1.88. The first-order valence-electron chi connectivity index (χ1n) is 7.53. The van der Waals surface area contributed by atoms with E-state index in [0.717, 1.165) is 22.4 Å². The van der Waals surface area contributed by atoms with Crippen LogP contribution in [0.5, 0.6) is 5.75 Å². The van der Waals surface area contributed by atoms with Crippen molar-refractivity contribution in [2.75, 3.05) is 0 Å². The molecular formula is C19H17NO3S. The predicted molar refractivity (Wildman–Crippen MR) is 94.8 cm³/mol. The van der Waals surface area contributed by atoms with Crippen LogP contribution >= 0.6 is 11.3 Å². The highest BCUT2D eigenvalue weighted by Crippen LogP contribution is 2.29. The summed E-state index contributed by atoms with van der Waals surface area (Å²) >= 11 is 1.17. The minimum atomic E-state index is -0.978. The van der Waals surface area contributed by atoms with E-state index in [1.54, 1.807) is 0 Å². The maximum absolute atomic E-state index is 11.5. The summed E-state index contributed by atoms with van der Waals surface area (Å²) in [6, 6.07) is 15.5. The molecule has 3 aromatic rings. The number of aryl methyl sites for hydroxylation is 2. The van der Waals surface area contributed by atoms with E-state index in [4.69, 9.17) is 4.74 Å². The molecule has 1 aromatic heterocycles. The summed E-state index contributed by atoms with van der Waals surface area (Å²) in [6.45, 7) is 4.09. The highest BCUT2D eigenvalue weighted by molar-refractivity contribution is 7.17. The molecule has 0 spiro atoms.